The van der Waals surface area contributed by atoms with Crippen LogP contribution in [0.4, 0.5) is 5.69 Å². The molecular weight excluding hydrogens is 316 g/mol. The summed E-state index contributed by atoms with van der Waals surface area (Å²) in [4.78, 5) is 20.8. The van der Waals surface area contributed by atoms with E-state index >= 15 is 0 Å². The van der Waals surface area contributed by atoms with E-state index in [2.05, 4.69) is 44.1 Å². The van der Waals surface area contributed by atoms with Crippen LogP contribution < -0.4 is 5.32 Å². The summed E-state index contributed by atoms with van der Waals surface area (Å²) in [6.07, 6.45) is 4.79. The second kappa shape index (κ2) is 6.01. The molecule has 0 bridgehead atoms. The topological polar surface area (TPSA) is 77.1 Å². The molecule has 3 heterocycles. The van der Waals surface area contributed by atoms with Crippen molar-refractivity contribution >= 4 is 28.3 Å². The summed E-state index contributed by atoms with van der Waals surface area (Å²) in [6.45, 7) is 5.02. The number of nitrogens with one attached hydrogen (secondary N) is 1. The number of hydrogen-bond donors (Lipinski definition) is 1. The Hall–Kier alpha value is -3.22. The van der Waals surface area contributed by atoms with Crippen LogP contribution >= 0.6 is 0 Å². The average Bonchev–Trinajstić information content (AvgIpc) is 3.20. The number of aromatic nitrogens is 5. The van der Waals surface area contributed by atoms with Crippen LogP contribution in [0.3, 0.4) is 0 Å². The molecule has 1 amide bonds. The Bertz CT molecular complexity index is 1080. The van der Waals surface area contributed by atoms with E-state index in [9.17, 15) is 4.79 Å². The van der Waals surface area contributed by atoms with Crippen molar-refractivity contribution in [3.05, 3.63) is 54.2 Å². The summed E-state index contributed by atoms with van der Waals surface area (Å²) >= 11 is 0. The van der Waals surface area contributed by atoms with Gasteiger partial charge in [-0.05, 0) is 43.7 Å². The van der Waals surface area contributed by atoms with Crippen molar-refractivity contribution in [3.8, 4) is 0 Å². The van der Waals surface area contributed by atoms with Crippen LogP contribution in [0.2, 0.25) is 0 Å². The Morgan fingerprint density at radius 1 is 1.24 bits per heavy atom. The highest BCUT2D eigenvalue weighted by Crippen LogP contribution is 2.21. The maximum Gasteiger partial charge on any atom is 0.295 e. The highest BCUT2D eigenvalue weighted by Gasteiger charge is 2.15. The molecule has 1 N–H and O–H groups in total. The highest BCUT2D eigenvalue weighted by molar-refractivity contribution is 6.02. The van der Waals surface area contributed by atoms with E-state index in [4.69, 9.17) is 0 Å². The molecule has 0 spiro atoms. The molecule has 4 aromatic rings. The van der Waals surface area contributed by atoms with Crippen molar-refractivity contribution in [1.29, 1.82) is 0 Å². The fraction of sp³-hybridized carbons (Fsp3) is 0.222. The monoisotopic (exact) mass is 334 g/mol. The molecule has 126 valence electrons. The van der Waals surface area contributed by atoms with Gasteiger partial charge in [0.25, 0.3) is 11.7 Å². The first kappa shape index (κ1) is 15.3. The smallest absolute Gasteiger partial charge is 0.295 e. The zero-order valence-corrected chi connectivity index (χ0v) is 14.1. The van der Waals surface area contributed by atoms with Crippen LogP contribution in [-0.2, 0) is 6.54 Å². The number of amides is 1. The van der Waals surface area contributed by atoms with Gasteiger partial charge in [0.05, 0.1) is 0 Å². The lowest BCUT2D eigenvalue weighted by atomic mass is 10.2. The van der Waals surface area contributed by atoms with Crippen molar-refractivity contribution in [2.24, 2.45) is 0 Å². The van der Waals surface area contributed by atoms with Crippen molar-refractivity contribution in [2.45, 2.75) is 26.8 Å². The van der Waals surface area contributed by atoms with E-state index in [1.54, 1.807) is 10.7 Å². The van der Waals surface area contributed by atoms with Crippen LogP contribution in [0.25, 0.3) is 16.7 Å². The molecule has 0 fully saturated rings. The van der Waals surface area contributed by atoms with E-state index in [1.165, 1.54) is 0 Å². The lowest BCUT2D eigenvalue weighted by Gasteiger charge is -2.05. The minimum Gasteiger partial charge on any atom is -0.347 e. The van der Waals surface area contributed by atoms with Crippen molar-refractivity contribution in [3.63, 3.8) is 0 Å². The molecule has 7 heteroatoms. The van der Waals surface area contributed by atoms with Gasteiger partial charge in [-0.1, -0.05) is 6.92 Å². The third-order valence-corrected chi connectivity index (χ3v) is 4.13. The van der Waals surface area contributed by atoms with Gasteiger partial charge in [-0.25, -0.2) is 9.50 Å². The molecule has 0 aliphatic carbocycles. The van der Waals surface area contributed by atoms with E-state index < -0.39 is 0 Å². The van der Waals surface area contributed by atoms with Gasteiger partial charge in [0.2, 0.25) is 5.82 Å². The molecule has 0 radical (unpaired) electrons. The maximum atomic E-state index is 12.5. The third kappa shape index (κ3) is 2.73. The Balaban J connectivity index is 1.61. The third-order valence-electron chi connectivity index (χ3n) is 4.13. The zero-order chi connectivity index (χ0) is 17.4. The minimum absolute atomic E-state index is 0.102. The van der Waals surface area contributed by atoms with Crippen LogP contribution in [0.1, 0.15) is 29.7 Å². The molecule has 0 saturated heterocycles. The molecule has 3 aromatic heterocycles. The molecule has 0 aliphatic heterocycles. The molecule has 1 aromatic carbocycles. The summed E-state index contributed by atoms with van der Waals surface area (Å²) in [5.74, 6) is 0.167. The van der Waals surface area contributed by atoms with Gasteiger partial charge in [-0.2, -0.15) is 4.98 Å². The first-order valence-corrected chi connectivity index (χ1v) is 8.24. The predicted molar refractivity (Wildman–Crippen MR) is 95.7 cm³/mol. The summed E-state index contributed by atoms with van der Waals surface area (Å²) < 4.78 is 3.77. The fourth-order valence-corrected chi connectivity index (χ4v) is 2.90. The Kier molecular flexibility index (Phi) is 3.68. The lowest BCUT2D eigenvalue weighted by Crippen LogP contribution is -2.14. The van der Waals surface area contributed by atoms with Crippen LogP contribution in [-0.4, -0.2) is 30.1 Å². The van der Waals surface area contributed by atoms with Crippen LogP contribution in [0, 0.1) is 6.92 Å². The molecule has 0 unspecified atom stereocenters. The van der Waals surface area contributed by atoms with E-state index in [1.807, 2.05) is 31.2 Å². The molecule has 7 nitrogen and oxygen atoms in total. The van der Waals surface area contributed by atoms with Gasteiger partial charge in [0.1, 0.15) is 0 Å². The van der Waals surface area contributed by atoms with Gasteiger partial charge >= 0.3 is 0 Å². The van der Waals surface area contributed by atoms with Gasteiger partial charge in [0.15, 0.2) is 0 Å². The first-order valence-electron chi connectivity index (χ1n) is 8.24. The number of carbonyl (C=O) groups is 1. The number of aryl methyl sites for hydroxylation is 2. The summed E-state index contributed by atoms with van der Waals surface area (Å²) in [5.41, 5.74) is 2.75. The number of hydrogen-bond acceptors (Lipinski definition) is 4. The number of rotatable bonds is 4. The quantitative estimate of drug-likeness (QED) is 0.622. The number of fused-ring (bicyclic) bond motifs is 2. The van der Waals surface area contributed by atoms with Crippen molar-refractivity contribution in [2.75, 3.05) is 5.32 Å². The molecule has 0 atom stereocenters. The maximum absolute atomic E-state index is 12.5. The van der Waals surface area contributed by atoms with Crippen molar-refractivity contribution in [1.82, 2.24) is 24.1 Å². The van der Waals surface area contributed by atoms with Gasteiger partial charge in [-0.15, -0.1) is 5.10 Å². The van der Waals surface area contributed by atoms with Crippen LogP contribution in [0.5, 0.6) is 0 Å². The predicted octanol–water partition coefficient (Wildman–Crippen LogP) is 3.05. The largest absolute Gasteiger partial charge is 0.347 e. The van der Waals surface area contributed by atoms with E-state index in [0.717, 1.165) is 35.2 Å². The Labute approximate surface area is 144 Å². The fourth-order valence-electron chi connectivity index (χ4n) is 2.90. The van der Waals surface area contributed by atoms with Gasteiger partial charge in [-0.3, -0.25) is 4.79 Å². The van der Waals surface area contributed by atoms with E-state index in [0.29, 0.717) is 5.78 Å². The SMILES string of the molecule is CCCn1ccc2cc(NC(=O)c3nc4nccc(C)n4n3)ccc21. The number of nitrogens with zero attached hydrogens (tertiary/aromatic N) is 5. The minimum atomic E-state index is -0.350. The Morgan fingerprint density at radius 2 is 2.12 bits per heavy atom. The second-order valence-electron chi connectivity index (χ2n) is 5.97. The summed E-state index contributed by atoms with van der Waals surface area (Å²) in [6, 6.07) is 9.74. The molecule has 0 aliphatic rings. The summed E-state index contributed by atoms with van der Waals surface area (Å²) in [7, 11) is 0. The number of anilines is 1. The molecule has 25 heavy (non-hydrogen) atoms. The average molecular weight is 334 g/mol. The molecule has 4 rings (SSSR count). The normalized spacial score (nSPS) is 11.3. The summed E-state index contributed by atoms with van der Waals surface area (Å²) in [5, 5.41) is 8.17. The van der Waals surface area contributed by atoms with Crippen molar-refractivity contribution < 1.29 is 4.79 Å². The Morgan fingerprint density at radius 3 is 2.92 bits per heavy atom. The molecule has 0 saturated carbocycles. The van der Waals surface area contributed by atoms with Gasteiger partial charge < -0.3 is 9.88 Å². The van der Waals surface area contributed by atoms with Gasteiger partial charge in [0, 0.05) is 41.2 Å². The lowest BCUT2D eigenvalue weighted by molar-refractivity contribution is 0.101. The standard InChI is InChI=1S/C18H18N6O/c1-3-9-23-10-7-13-11-14(4-5-15(13)23)20-17(25)16-21-18-19-8-6-12(2)24(18)22-16/h4-8,10-11H,3,9H2,1-2H3,(H,20,25). The van der Waals surface area contributed by atoms with E-state index in [-0.39, 0.29) is 11.7 Å². The zero-order valence-electron chi connectivity index (χ0n) is 14.1. The highest BCUT2D eigenvalue weighted by atomic mass is 16.2. The number of benzene rings is 1. The second-order valence-corrected chi connectivity index (χ2v) is 5.97. The molecular formula is C18H18N6O. The first-order chi connectivity index (χ1) is 12.2. The number of carbonyl (C=O) groups excluding carboxylic acids is 1. The van der Waals surface area contributed by atoms with Crippen LogP contribution in [0.15, 0.2) is 42.7 Å².